The van der Waals surface area contributed by atoms with Crippen LogP contribution in [0.1, 0.15) is 16.8 Å². The lowest BCUT2D eigenvalue weighted by molar-refractivity contribution is 0.240. The Morgan fingerprint density at radius 3 is 2.54 bits per heavy atom. The average Bonchev–Trinajstić information content (AvgIpc) is 2.61. The van der Waals surface area contributed by atoms with Crippen molar-refractivity contribution in [3.8, 4) is 22.9 Å². The number of phenolic OH excluding ortho intramolecular Hbond substituents is 2. The molecule has 3 N–H and O–H groups in total. The van der Waals surface area contributed by atoms with Gasteiger partial charge >= 0.3 is 0 Å². The highest BCUT2D eigenvalue weighted by Gasteiger charge is 2.21. The number of aromatic nitrogens is 2. The lowest BCUT2D eigenvalue weighted by Crippen LogP contribution is -2.35. The molecule has 0 unspecified atom stereocenters. The van der Waals surface area contributed by atoms with Gasteiger partial charge in [0.2, 0.25) is 0 Å². The van der Waals surface area contributed by atoms with Gasteiger partial charge in [0.05, 0.1) is 5.69 Å². The zero-order valence-electron chi connectivity index (χ0n) is 14.1. The van der Waals surface area contributed by atoms with E-state index in [1.54, 1.807) is 12.1 Å². The van der Waals surface area contributed by atoms with Crippen LogP contribution in [-0.2, 0) is 19.5 Å². The molecule has 0 bridgehead atoms. The first-order valence-corrected chi connectivity index (χ1v) is 8.50. The molecule has 0 fully saturated rings. The minimum Gasteiger partial charge on any atom is -0.508 e. The second-order valence-electron chi connectivity index (χ2n) is 6.52. The van der Waals surface area contributed by atoms with Crippen molar-refractivity contribution in [3.05, 3.63) is 75.7 Å². The Balaban J connectivity index is 1.61. The van der Waals surface area contributed by atoms with Crippen molar-refractivity contribution in [2.24, 2.45) is 0 Å². The van der Waals surface area contributed by atoms with Gasteiger partial charge in [0.15, 0.2) is 0 Å². The number of hydrogen-bond donors (Lipinski definition) is 3. The molecule has 0 amide bonds. The van der Waals surface area contributed by atoms with Crippen molar-refractivity contribution in [2.75, 3.05) is 6.54 Å². The van der Waals surface area contributed by atoms with E-state index in [1.165, 1.54) is 6.07 Å². The molecule has 0 saturated heterocycles. The zero-order chi connectivity index (χ0) is 18.1. The summed E-state index contributed by atoms with van der Waals surface area (Å²) >= 11 is 0. The highest BCUT2D eigenvalue weighted by molar-refractivity contribution is 5.54. The van der Waals surface area contributed by atoms with E-state index in [-0.39, 0.29) is 17.1 Å². The molecule has 1 aliphatic heterocycles. The molecular weight excluding hydrogens is 330 g/mol. The van der Waals surface area contributed by atoms with Crippen LogP contribution in [-0.4, -0.2) is 31.6 Å². The molecule has 26 heavy (non-hydrogen) atoms. The number of aromatic amines is 1. The predicted molar refractivity (Wildman–Crippen MR) is 97.9 cm³/mol. The third-order valence-electron chi connectivity index (χ3n) is 4.57. The molecule has 6 nitrogen and oxygen atoms in total. The largest absolute Gasteiger partial charge is 0.508 e. The number of aromatic hydroxyl groups is 2. The average molecular weight is 349 g/mol. The minimum absolute atomic E-state index is 0.0401. The standard InChI is InChI=1S/C20H19N3O3/c24-15-8-13(9-16(25)10-15)11-23-7-6-17-18(12-23)21-19(22-20(17)26)14-4-2-1-3-5-14/h1-5,8-10,24-25H,6-7,11-12H2,(H,21,22,26). The maximum Gasteiger partial charge on any atom is 0.254 e. The maximum absolute atomic E-state index is 12.4. The van der Waals surface area contributed by atoms with Crippen LogP contribution in [0.25, 0.3) is 11.4 Å². The summed E-state index contributed by atoms with van der Waals surface area (Å²) in [7, 11) is 0. The number of nitrogens with zero attached hydrogens (tertiary/aromatic N) is 2. The molecule has 0 spiro atoms. The van der Waals surface area contributed by atoms with Gasteiger partial charge in [-0.1, -0.05) is 30.3 Å². The molecule has 0 atom stereocenters. The van der Waals surface area contributed by atoms with E-state index >= 15 is 0 Å². The van der Waals surface area contributed by atoms with Crippen molar-refractivity contribution < 1.29 is 10.2 Å². The number of rotatable bonds is 3. The van der Waals surface area contributed by atoms with Gasteiger partial charge in [-0.05, 0) is 24.1 Å². The molecule has 1 aromatic heterocycles. The highest BCUT2D eigenvalue weighted by atomic mass is 16.3. The number of benzene rings is 2. The van der Waals surface area contributed by atoms with Crippen LogP contribution in [0.15, 0.2) is 53.3 Å². The van der Waals surface area contributed by atoms with E-state index in [9.17, 15) is 15.0 Å². The van der Waals surface area contributed by atoms with E-state index < -0.39 is 0 Å². The first kappa shape index (κ1) is 16.4. The molecule has 2 heterocycles. The number of fused-ring (bicyclic) bond motifs is 1. The molecule has 2 aromatic carbocycles. The summed E-state index contributed by atoms with van der Waals surface area (Å²) in [6, 6.07) is 14.2. The number of hydrogen-bond acceptors (Lipinski definition) is 5. The van der Waals surface area contributed by atoms with Crippen LogP contribution < -0.4 is 5.56 Å². The van der Waals surface area contributed by atoms with Crippen molar-refractivity contribution in [1.82, 2.24) is 14.9 Å². The Hall–Kier alpha value is -3.12. The van der Waals surface area contributed by atoms with E-state index in [2.05, 4.69) is 14.9 Å². The summed E-state index contributed by atoms with van der Waals surface area (Å²) in [6.07, 6.45) is 0.623. The zero-order valence-corrected chi connectivity index (χ0v) is 14.1. The maximum atomic E-state index is 12.4. The number of phenols is 2. The van der Waals surface area contributed by atoms with Gasteiger partial charge in [-0.2, -0.15) is 0 Å². The molecule has 1 aliphatic rings. The third kappa shape index (κ3) is 3.32. The molecule has 0 saturated carbocycles. The van der Waals surface area contributed by atoms with Crippen LogP contribution in [0.2, 0.25) is 0 Å². The van der Waals surface area contributed by atoms with Crippen LogP contribution in [0.3, 0.4) is 0 Å². The van der Waals surface area contributed by atoms with Gasteiger partial charge in [-0.3, -0.25) is 9.69 Å². The second kappa shape index (κ2) is 6.65. The van der Waals surface area contributed by atoms with Crippen molar-refractivity contribution in [2.45, 2.75) is 19.5 Å². The smallest absolute Gasteiger partial charge is 0.254 e. The summed E-state index contributed by atoms with van der Waals surface area (Å²) in [6.45, 7) is 1.84. The first-order chi connectivity index (χ1) is 12.6. The van der Waals surface area contributed by atoms with Crippen LogP contribution in [0.4, 0.5) is 0 Å². The topological polar surface area (TPSA) is 89.5 Å². The van der Waals surface area contributed by atoms with Crippen molar-refractivity contribution >= 4 is 0 Å². The highest BCUT2D eigenvalue weighted by Crippen LogP contribution is 2.24. The molecule has 6 heteroatoms. The van der Waals surface area contributed by atoms with Gasteiger partial charge in [0.25, 0.3) is 5.56 Å². The lowest BCUT2D eigenvalue weighted by atomic mass is 10.0. The third-order valence-corrected chi connectivity index (χ3v) is 4.57. The molecule has 3 aromatic rings. The summed E-state index contributed by atoms with van der Waals surface area (Å²) in [5, 5.41) is 19.3. The SMILES string of the molecule is O=c1[nH]c(-c2ccccc2)nc2c1CCN(Cc1cc(O)cc(O)c1)C2. The number of H-pyrrole nitrogens is 1. The molecule has 0 aliphatic carbocycles. The Morgan fingerprint density at radius 1 is 1.08 bits per heavy atom. The van der Waals surface area contributed by atoms with E-state index in [0.717, 1.165) is 28.9 Å². The second-order valence-corrected chi connectivity index (χ2v) is 6.52. The first-order valence-electron chi connectivity index (χ1n) is 8.50. The van der Waals surface area contributed by atoms with Crippen molar-refractivity contribution in [1.29, 1.82) is 0 Å². The fourth-order valence-corrected chi connectivity index (χ4v) is 3.37. The fraction of sp³-hybridized carbons (Fsp3) is 0.200. The molecule has 132 valence electrons. The summed E-state index contributed by atoms with van der Waals surface area (Å²) in [5.74, 6) is 0.655. The molecule has 4 rings (SSSR count). The molecular formula is C20H19N3O3. The van der Waals surface area contributed by atoms with Crippen LogP contribution >= 0.6 is 0 Å². The Morgan fingerprint density at radius 2 is 1.81 bits per heavy atom. The van der Waals surface area contributed by atoms with Gasteiger partial charge in [-0.25, -0.2) is 4.98 Å². The number of nitrogens with one attached hydrogen (secondary N) is 1. The summed E-state index contributed by atoms with van der Waals surface area (Å²) in [4.78, 5) is 22.1. The minimum atomic E-state index is -0.0801. The van der Waals surface area contributed by atoms with E-state index in [4.69, 9.17) is 0 Å². The Kier molecular flexibility index (Phi) is 4.18. The quantitative estimate of drug-likeness (QED) is 0.676. The fourth-order valence-electron chi connectivity index (χ4n) is 3.37. The van der Waals surface area contributed by atoms with Gasteiger partial charge in [-0.15, -0.1) is 0 Å². The summed E-state index contributed by atoms with van der Waals surface area (Å²) < 4.78 is 0. The van der Waals surface area contributed by atoms with Crippen molar-refractivity contribution in [3.63, 3.8) is 0 Å². The summed E-state index contributed by atoms with van der Waals surface area (Å²) in [5.41, 5.74) is 3.13. The van der Waals surface area contributed by atoms with Crippen LogP contribution in [0, 0.1) is 0 Å². The lowest BCUT2D eigenvalue weighted by Gasteiger charge is -2.27. The van der Waals surface area contributed by atoms with Gasteiger partial charge < -0.3 is 15.2 Å². The predicted octanol–water partition coefficient (Wildman–Crippen LogP) is 2.41. The molecule has 0 radical (unpaired) electrons. The Bertz CT molecular complexity index is 979. The van der Waals surface area contributed by atoms with Crippen LogP contribution in [0.5, 0.6) is 11.5 Å². The van der Waals surface area contributed by atoms with Gasteiger partial charge in [0, 0.05) is 36.8 Å². The normalized spacial score (nSPS) is 14.2. The van der Waals surface area contributed by atoms with E-state index in [1.807, 2.05) is 30.3 Å². The monoisotopic (exact) mass is 349 g/mol. The Labute approximate surface area is 150 Å². The van der Waals surface area contributed by atoms with E-state index in [0.29, 0.717) is 25.3 Å². The van der Waals surface area contributed by atoms with Gasteiger partial charge in [0.1, 0.15) is 17.3 Å².